The van der Waals surface area contributed by atoms with Crippen molar-refractivity contribution in [3.63, 3.8) is 0 Å². The van der Waals surface area contributed by atoms with Crippen LogP contribution in [0.2, 0.25) is 0 Å². The Morgan fingerprint density at radius 2 is 1.79 bits per heavy atom. The number of likely N-dealkylation sites (tertiary alicyclic amines) is 2. The van der Waals surface area contributed by atoms with Gasteiger partial charge in [-0.1, -0.05) is 43.2 Å². The Kier molecular flexibility index (Phi) is 6.20. The van der Waals surface area contributed by atoms with Gasteiger partial charge in [0.15, 0.2) is 0 Å². The molecule has 1 aromatic rings. The molecule has 6 heteroatoms. The minimum absolute atomic E-state index is 0.0290. The van der Waals surface area contributed by atoms with Crippen LogP contribution in [0.25, 0.3) is 0 Å². The molecule has 0 N–H and O–H groups in total. The summed E-state index contributed by atoms with van der Waals surface area (Å²) in [6, 6.07) is 10.9. The average molecular weight is 401 g/mol. The Labute approximate surface area is 173 Å². The molecule has 2 saturated heterocycles. The number of carbonyl (C=O) groups is 2. The minimum Gasteiger partial charge on any atom is -0.382 e. The first-order chi connectivity index (χ1) is 14.2. The van der Waals surface area contributed by atoms with Gasteiger partial charge in [-0.3, -0.25) is 9.59 Å². The van der Waals surface area contributed by atoms with Gasteiger partial charge in [0.1, 0.15) is 6.61 Å². The van der Waals surface area contributed by atoms with Crippen LogP contribution in [0.1, 0.15) is 50.1 Å². The van der Waals surface area contributed by atoms with E-state index in [1.165, 1.54) is 5.56 Å². The molecular weight excluding hydrogens is 368 g/mol. The summed E-state index contributed by atoms with van der Waals surface area (Å²) in [7, 11) is 1.62. The van der Waals surface area contributed by atoms with E-state index in [0.29, 0.717) is 32.2 Å². The molecule has 1 atom stereocenters. The highest BCUT2D eigenvalue weighted by atomic mass is 16.5. The maximum atomic E-state index is 13.3. The van der Waals surface area contributed by atoms with Crippen LogP contribution in [0.4, 0.5) is 0 Å². The molecule has 158 valence electrons. The van der Waals surface area contributed by atoms with Gasteiger partial charge in [-0.05, 0) is 31.2 Å². The first-order valence-corrected chi connectivity index (χ1v) is 10.9. The first kappa shape index (κ1) is 20.4. The SMILES string of the molecule is COCCOCC(=O)N1CCC(N2C(=O)C3(CCCC3)C2c2ccccc2)CC1. The Bertz CT molecular complexity index is 709. The number of nitrogens with zero attached hydrogens (tertiary/aromatic N) is 2. The van der Waals surface area contributed by atoms with Gasteiger partial charge in [0.2, 0.25) is 11.8 Å². The summed E-state index contributed by atoms with van der Waals surface area (Å²) in [4.78, 5) is 29.7. The zero-order valence-electron chi connectivity index (χ0n) is 17.3. The van der Waals surface area contributed by atoms with E-state index in [0.717, 1.165) is 38.5 Å². The number of hydrogen-bond acceptors (Lipinski definition) is 4. The number of methoxy groups -OCH3 is 1. The normalized spacial score (nSPS) is 24.2. The number of hydrogen-bond donors (Lipinski definition) is 0. The monoisotopic (exact) mass is 400 g/mol. The van der Waals surface area contributed by atoms with Crippen LogP contribution in [-0.2, 0) is 19.1 Å². The van der Waals surface area contributed by atoms with Gasteiger partial charge in [0.25, 0.3) is 0 Å². The molecule has 2 aliphatic heterocycles. The lowest BCUT2D eigenvalue weighted by atomic mass is 9.65. The third kappa shape index (κ3) is 3.80. The summed E-state index contributed by atoms with van der Waals surface area (Å²) < 4.78 is 10.3. The second-order valence-corrected chi connectivity index (χ2v) is 8.55. The van der Waals surface area contributed by atoms with Crippen LogP contribution in [0.5, 0.6) is 0 Å². The number of rotatable bonds is 7. The molecule has 1 saturated carbocycles. The number of β-lactam (4-membered cyclic amide) rings is 1. The van der Waals surface area contributed by atoms with E-state index < -0.39 is 0 Å². The van der Waals surface area contributed by atoms with Gasteiger partial charge in [-0.2, -0.15) is 0 Å². The van der Waals surface area contributed by atoms with Crippen molar-refractivity contribution >= 4 is 11.8 Å². The van der Waals surface area contributed by atoms with Crippen molar-refractivity contribution in [3.8, 4) is 0 Å². The van der Waals surface area contributed by atoms with Gasteiger partial charge in [-0.15, -0.1) is 0 Å². The van der Waals surface area contributed by atoms with Crippen molar-refractivity contribution in [2.75, 3.05) is 40.0 Å². The first-order valence-electron chi connectivity index (χ1n) is 10.9. The smallest absolute Gasteiger partial charge is 0.248 e. The van der Waals surface area contributed by atoms with Crippen molar-refractivity contribution in [1.29, 1.82) is 0 Å². The largest absolute Gasteiger partial charge is 0.382 e. The molecule has 1 aromatic carbocycles. The fourth-order valence-electron chi connectivity index (χ4n) is 5.46. The molecular formula is C23H32N2O4. The van der Waals surface area contributed by atoms with Crippen molar-refractivity contribution < 1.29 is 19.1 Å². The summed E-state index contributed by atoms with van der Waals surface area (Å²) in [5, 5.41) is 0. The standard InChI is InChI=1S/C23H32N2O4/c1-28-15-16-29-17-20(26)24-13-9-19(10-14-24)25-21(18-7-3-2-4-8-18)23(22(25)27)11-5-6-12-23/h2-4,7-8,19,21H,5-6,9-17H2,1H3. The lowest BCUT2D eigenvalue weighted by molar-refractivity contribution is -0.181. The number of ether oxygens (including phenoxy) is 2. The van der Waals surface area contributed by atoms with E-state index in [4.69, 9.17) is 9.47 Å². The highest BCUT2D eigenvalue weighted by Crippen LogP contribution is 2.60. The number of carbonyl (C=O) groups excluding carboxylic acids is 2. The highest BCUT2D eigenvalue weighted by molar-refractivity contribution is 5.91. The van der Waals surface area contributed by atoms with Gasteiger partial charge < -0.3 is 19.3 Å². The van der Waals surface area contributed by atoms with Crippen LogP contribution in [0.15, 0.2) is 30.3 Å². The Balaban J connectivity index is 1.39. The van der Waals surface area contributed by atoms with E-state index in [2.05, 4.69) is 29.2 Å². The van der Waals surface area contributed by atoms with Crippen molar-refractivity contribution in [3.05, 3.63) is 35.9 Å². The zero-order valence-corrected chi connectivity index (χ0v) is 17.3. The van der Waals surface area contributed by atoms with Crippen molar-refractivity contribution in [1.82, 2.24) is 9.80 Å². The van der Waals surface area contributed by atoms with Crippen molar-refractivity contribution in [2.24, 2.45) is 5.41 Å². The van der Waals surface area contributed by atoms with Gasteiger partial charge >= 0.3 is 0 Å². The molecule has 4 rings (SSSR count). The Morgan fingerprint density at radius 3 is 2.45 bits per heavy atom. The average Bonchev–Trinajstić information content (AvgIpc) is 3.28. The fourth-order valence-corrected chi connectivity index (χ4v) is 5.46. The maximum Gasteiger partial charge on any atom is 0.248 e. The topological polar surface area (TPSA) is 59.1 Å². The third-order valence-electron chi connectivity index (χ3n) is 6.94. The molecule has 29 heavy (non-hydrogen) atoms. The molecule has 0 bridgehead atoms. The van der Waals surface area contributed by atoms with Crippen LogP contribution in [0, 0.1) is 5.41 Å². The predicted octanol–water partition coefficient (Wildman–Crippen LogP) is 2.78. The second kappa shape index (κ2) is 8.84. The molecule has 3 aliphatic rings. The summed E-state index contributed by atoms with van der Waals surface area (Å²) >= 11 is 0. The highest BCUT2D eigenvalue weighted by Gasteiger charge is 2.63. The summed E-state index contributed by atoms with van der Waals surface area (Å²) in [6.07, 6.45) is 6.01. The minimum atomic E-state index is -0.177. The zero-order chi connectivity index (χ0) is 20.3. The number of piperidine rings is 1. The van der Waals surface area contributed by atoms with Gasteiger partial charge in [0.05, 0.1) is 24.7 Å². The van der Waals surface area contributed by atoms with Crippen LogP contribution >= 0.6 is 0 Å². The Hall–Kier alpha value is -1.92. The van der Waals surface area contributed by atoms with E-state index in [9.17, 15) is 9.59 Å². The predicted molar refractivity (Wildman–Crippen MR) is 109 cm³/mol. The van der Waals surface area contributed by atoms with E-state index in [-0.39, 0.29) is 30.0 Å². The lowest BCUT2D eigenvalue weighted by Gasteiger charge is -2.59. The molecule has 0 radical (unpaired) electrons. The lowest BCUT2D eigenvalue weighted by Crippen LogP contribution is -2.66. The van der Waals surface area contributed by atoms with E-state index in [1.54, 1.807) is 7.11 Å². The maximum absolute atomic E-state index is 13.3. The number of benzene rings is 1. The third-order valence-corrected chi connectivity index (χ3v) is 6.94. The number of amides is 2. The fraction of sp³-hybridized carbons (Fsp3) is 0.652. The Morgan fingerprint density at radius 1 is 1.10 bits per heavy atom. The molecule has 0 aromatic heterocycles. The molecule has 2 amide bonds. The molecule has 1 aliphatic carbocycles. The second-order valence-electron chi connectivity index (χ2n) is 8.55. The molecule has 2 heterocycles. The molecule has 1 unspecified atom stereocenters. The quantitative estimate of drug-likeness (QED) is 0.522. The van der Waals surface area contributed by atoms with E-state index >= 15 is 0 Å². The molecule has 3 fully saturated rings. The van der Waals surface area contributed by atoms with Gasteiger partial charge in [0, 0.05) is 26.2 Å². The summed E-state index contributed by atoms with van der Waals surface area (Å²) in [6.45, 7) is 2.41. The summed E-state index contributed by atoms with van der Waals surface area (Å²) in [5.41, 5.74) is 1.09. The molecule has 1 spiro atoms. The molecule has 6 nitrogen and oxygen atoms in total. The van der Waals surface area contributed by atoms with Crippen LogP contribution in [0.3, 0.4) is 0 Å². The van der Waals surface area contributed by atoms with E-state index in [1.807, 2.05) is 11.0 Å². The van der Waals surface area contributed by atoms with Crippen LogP contribution < -0.4 is 0 Å². The van der Waals surface area contributed by atoms with Crippen LogP contribution in [-0.4, -0.2) is 67.7 Å². The van der Waals surface area contributed by atoms with Crippen molar-refractivity contribution in [2.45, 2.75) is 50.6 Å². The summed E-state index contributed by atoms with van der Waals surface area (Å²) in [5.74, 6) is 0.373. The van der Waals surface area contributed by atoms with Gasteiger partial charge in [-0.25, -0.2) is 0 Å².